The molecule has 0 aliphatic carbocycles. The van der Waals surface area contributed by atoms with Crippen molar-refractivity contribution in [3.05, 3.63) is 46.7 Å². The highest BCUT2D eigenvalue weighted by Crippen LogP contribution is 2.33. The van der Waals surface area contributed by atoms with Crippen molar-refractivity contribution < 1.29 is 23.1 Å². The van der Waals surface area contributed by atoms with Gasteiger partial charge in [0.2, 0.25) is 5.95 Å². The molecule has 1 heterocycles. The third-order valence-corrected chi connectivity index (χ3v) is 3.17. The zero-order valence-corrected chi connectivity index (χ0v) is 12.3. The van der Waals surface area contributed by atoms with Crippen LogP contribution in [0.3, 0.4) is 0 Å². The summed E-state index contributed by atoms with van der Waals surface area (Å²) in [5, 5.41) is 10.6. The molecule has 1 aromatic carbocycles. The van der Waals surface area contributed by atoms with Crippen LogP contribution in [0.2, 0.25) is 5.15 Å². The highest BCUT2D eigenvalue weighted by molar-refractivity contribution is 6.30. The van der Waals surface area contributed by atoms with Crippen LogP contribution in [-0.4, -0.2) is 21.0 Å². The Kier molecular flexibility index (Phi) is 5.05. The van der Waals surface area contributed by atoms with Crippen molar-refractivity contribution in [3.63, 3.8) is 0 Å². The summed E-state index contributed by atoms with van der Waals surface area (Å²) in [4.78, 5) is 17.6. The molecule has 5 nitrogen and oxygen atoms in total. The lowest BCUT2D eigenvalue weighted by Gasteiger charge is -2.10. The van der Waals surface area contributed by atoms with E-state index in [0.717, 1.165) is 5.56 Å². The van der Waals surface area contributed by atoms with Crippen LogP contribution in [0.4, 0.5) is 24.8 Å². The van der Waals surface area contributed by atoms with Gasteiger partial charge in [0, 0.05) is 18.3 Å². The summed E-state index contributed by atoms with van der Waals surface area (Å²) in [5.74, 6) is -0.957. The fourth-order valence-electron chi connectivity index (χ4n) is 1.75. The molecule has 0 amide bonds. The Labute approximate surface area is 134 Å². The number of carboxylic acid groups (broad SMARTS) is 1. The standard InChI is InChI=1S/C14H11ClF3N3O2/c15-12-10(14(16,17)18)7-19-13(21-12)20-9-4-1-8(2-5-9)3-6-11(22)23/h1-2,4-5,7H,3,6H2,(H,22,23)(H,19,20,21). The number of alkyl halides is 3. The Morgan fingerprint density at radius 1 is 1.26 bits per heavy atom. The van der Waals surface area contributed by atoms with Gasteiger partial charge >= 0.3 is 12.1 Å². The third-order valence-electron chi connectivity index (χ3n) is 2.89. The van der Waals surface area contributed by atoms with Gasteiger partial charge < -0.3 is 10.4 Å². The number of aryl methyl sites for hydroxylation is 1. The lowest BCUT2D eigenvalue weighted by Crippen LogP contribution is -2.09. The zero-order chi connectivity index (χ0) is 17.0. The molecule has 9 heteroatoms. The molecule has 0 aliphatic rings. The molecule has 23 heavy (non-hydrogen) atoms. The van der Waals surface area contributed by atoms with E-state index in [1.807, 2.05) is 0 Å². The van der Waals surface area contributed by atoms with E-state index in [2.05, 4.69) is 15.3 Å². The lowest BCUT2D eigenvalue weighted by atomic mass is 10.1. The molecular weight excluding hydrogens is 335 g/mol. The van der Waals surface area contributed by atoms with Crippen LogP contribution < -0.4 is 5.32 Å². The van der Waals surface area contributed by atoms with Crippen LogP contribution >= 0.6 is 11.6 Å². The first-order valence-corrected chi connectivity index (χ1v) is 6.81. The molecule has 0 spiro atoms. The Hall–Kier alpha value is -2.35. The van der Waals surface area contributed by atoms with E-state index in [1.165, 1.54) is 0 Å². The van der Waals surface area contributed by atoms with E-state index in [1.54, 1.807) is 24.3 Å². The Balaban J connectivity index is 2.07. The number of carboxylic acids is 1. The minimum absolute atomic E-state index is 0.0183. The minimum atomic E-state index is -4.61. The van der Waals surface area contributed by atoms with Crippen molar-refractivity contribution in [1.29, 1.82) is 0 Å². The van der Waals surface area contributed by atoms with Crippen LogP contribution in [-0.2, 0) is 17.4 Å². The molecule has 2 aromatic rings. The Bertz CT molecular complexity index is 705. The normalized spacial score (nSPS) is 11.3. The van der Waals surface area contributed by atoms with Gasteiger partial charge in [-0.1, -0.05) is 23.7 Å². The number of hydrogen-bond donors (Lipinski definition) is 2. The van der Waals surface area contributed by atoms with Crippen molar-refractivity contribution in [3.8, 4) is 0 Å². The SMILES string of the molecule is O=C(O)CCc1ccc(Nc2ncc(C(F)(F)F)c(Cl)n2)cc1. The number of hydrogen-bond acceptors (Lipinski definition) is 4. The first kappa shape index (κ1) is 17.0. The molecule has 0 unspecified atom stereocenters. The number of aromatic nitrogens is 2. The summed E-state index contributed by atoms with van der Waals surface area (Å²) in [6.45, 7) is 0. The molecule has 0 aliphatic heterocycles. The predicted molar refractivity (Wildman–Crippen MR) is 77.7 cm³/mol. The van der Waals surface area contributed by atoms with E-state index in [9.17, 15) is 18.0 Å². The second kappa shape index (κ2) is 6.82. The first-order chi connectivity index (χ1) is 10.8. The van der Waals surface area contributed by atoms with Crippen LogP contribution in [0.25, 0.3) is 0 Å². The number of carbonyl (C=O) groups is 1. The fraction of sp³-hybridized carbons (Fsp3) is 0.214. The van der Waals surface area contributed by atoms with E-state index in [0.29, 0.717) is 18.3 Å². The second-order valence-corrected chi connectivity index (χ2v) is 4.97. The number of nitrogens with zero attached hydrogens (tertiary/aromatic N) is 2. The van der Waals surface area contributed by atoms with Gasteiger partial charge in [0.1, 0.15) is 10.7 Å². The summed E-state index contributed by atoms with van der Waals surface area (Å²) in [6, 6.07) is 6.70. The average molecular weight is 346 g/mol. The smallest absolute Gasteiger partial charge is 0.420 e. The second-order valence-electron chi connectivity index (χ2n) is 4.61. The highest BCUT2D eigenvalue weighted by Gasteiger charge is 2.34. The van der Waals surface area contributed by atoms with Gasteiger partial charge in [-0.05, 0) is 24.1 Å². The summed E-state index contributed by atoms with van der Waals surface area (Å²) >= 11 is 5.51. The third kappa shape index (κ3) is 4.82. The largest absolute Gasteiger partial charge is 0.481 e. The topological polar surface area (TPSA) is 75.1 Å². The van der Waals surface area contributed by atoms with Gasteiger partial charge in [-0.15, -0.1) is 0 Å². The van der Waals surface area contributed by atoms with Crippen molar-refractivity contribution in [2.75, 3.05) is 5.32 Å². The van der Waals surface area contributed by atoms with Gasteiger partial charge in [0.05, 0.1) is 0 Å². The summed E-state index contributed by atoms with van der Waals surface area (Å²) < 4.78 is 37.7. The Morgan fingerprint density at radius 3 is 2.43 bits per heavy atom. The first-order valence-electron chi connectivity index (χ1n) is 6.43. The van der Waals surface area contributed by atoms with Crippen molar-refractivity contribution in [2.24, 2.45) is 0 Å². The van der Waals surface area contributed by atoms with E-state index in [4.69, 9.17) is 16.7 Å². The highest BCUT2D eigenvalue weighted by atomic mass is 35.5. The van der Waals surface area contributed by atoms with Crippen LogP contribution in [0.5, 0.6) is 0 Å². The Morgan fingerprint density at radius 2 is 1.91 bits per heavy atom. The molecule has 0 saturated carbocycles. The van der Waals surface area contributed by atoms with Crippen molar-refractivity contribution in [2.45, 2.75) is 19.0 Å². The molecule has 0 saturated heterocycles. The molecule has 0 atom stereocenters. The maximum Gasteiger partial charge on any atom is 0.420 e. The monoisotopic (exact) mass is 345 g/mol. The minimum Gasteiger partial charge on any atom is -0.481 e. The molecule has 0 fully saturated rings. The molecule has 0 radical (unpaired) electrons. The predicted octanol–water partition coefficient (Wildman–Crippen LogP) is 3.91. The summed E-state index contributed by atoms with van der Waals surface area (Å²) in [7, 11) is 0. The maximum absolute atomic E-state index is 12.6. The fourth-order valence-corrected chi connectivity index (χ4v) is 1.98. The quantitative estimate of drug-likeness (QED) is 0.804. The molecule has 1 aromatic heterocycles. The van der Waals surface area contributed by atoms with Crippen LogP contribution in [0.15, 0.2) is 30.5 Å². The number of aliphatic carboxylic acids is 1. The number of benzene rings is 1. The lowest BCUT2D eigenvalue weighted by molar-refractivity contribution is -0.138. The van der Waals surface area contributed by atoms with Gasteiger partial charge in [-0.2, -0.15) is 13.2 Å². The van der Waals surface area contributed by atoms with Gasteiger partial charge in [0.25, 0.3) is 0 Å². The van der Waals surface area contributed by atoms with Gasteiger partial charge in [0.15, 0.2) is 0 Å². The maximum atomic E-state index is 12.6. The molecule has 0 bridgehead atoms. The van der Waals surface area contributed by atoms with E-state index < -0.39 is 22.9 Å². The van der Waals surface area contributed by atoms with Crippen molar-refractivity contribution >= 4 is 29.2 Å². The number of anilines is 2. The summed E-state index contributed by atoms with van der Waals surface area (Å²) in [5.41, 5.74) is 0.262. The van der Waals surface area contributed by atoms with E-state index in [-0.39, 0.29) is 12.4 Å². The number of nitrogens with one attached hydrogen (secondary N) is 1. The van der Waals surface area contributed by atoms with E-state index >= 15 is 0 Å². The van der Waals surface area contributed by atoms with Crippen LogP contribution in [0.1, 0.15) is 17.5 Å². The van der Waals surface area contributed by atoms with Crippen LogP contribution in [0, 0.1) is 0 Å². The number of halogens is 4. The van der Waals surface area contributed by atoms with Crippen molar-refractivity contribution in [1.82, 2.24) is 9.97 Å². The zero-order valence-electron chi connectivity index (χ0n) is 11.6. The molecule has 122 valence electrons. The molecule has 2 N–H and O–H groups in total. The molecule has 2 rings (SSSR count). The summed E-state index contributed by atoms with van der Waals surface area (Å²) in [6.07, 6.45) is -3.59. The average Bonchev–Trinajstić information content (AvgIpc) is 2.45. The number of rotatable bonds is 5. The van der Waals surface area contributed by atoms with Gasteiger partial charge in [-0.25, -0.2) is 9.97 Å². The van der Waals surface area contributed by atoms with Gasteiger partial charge in [-0.3, -0.25) is 4.79 Å². The molecular formula is C14H11ClF3N3O2.